The van der Waals surface area contributed by atoms with Gasteiger partial charge in [0, 0.05) is 19.2 Å². The van der Waals surface area contributed by atoms with Crippen molar-refractivity contribution in [3.63, 3.8) is 0 Å². The molecule has 5 heteroatoms. The molecule has 0 spiro atoms. The van der Waals surface area contributed by atoms with E-state index in [0.717, 1.165) is 5.56 Å². The molecule has 0 aromatic heterocycles. The zero-order valence-corrected chi connectivity index (χ0v) is 11.3. The number of halogens is 2. The van der Waals surface area contributed by atoms with Crippen LogP contribution in [0.5, 0.6) is 5.75 Å². The molecule has 0 aliphatic carbocycles. The lowest BCUT2D eigenvalue weighted by Crippen LogP contribution is -2.34. The Morgan fingerprint density at radius 3 is 2.32 bits per heavy atom. The molecule has 0 aliphatic rings. The Morgan fingerprint density at radius 2 is 1.84 bits per heavy atom. The van der Waals surface area contributed by atoms with E-state index in [1.807, 2.05) is 0 Å². The van der Waals surface area contributed by atoms with Crippen LogP contribution in [0.4, 0.5) is 8.78 Å². The molecule has 0 heterocycles. The Morgan fingerprint density at radius 1 is 1.21 bits per heavy atom. The van der Waals surface area contributed by atoms with E-state index in [1.165, 1.54) is 12.1 Å². The van der Waals surface area contributed by atoms with E-state index in [-0.39, 0.29) is 18.4 Å². The Balaban J connectivity index is 2.48. The minimum absolute atomic E-state index is 0.150. The molecule has 1 atom stereocenters. The van der Waals surface area contributed by atoms with Gasteiger partial charge in [-0.05, 0) is 30.0 Å². The highest BCUT2D eigenvalue weighted by molar-refractivity contribution is 5.27. The second-order valence-electron chi connectivity index (χ2n) is 4.77. The molecule has 0 saturated carbocycles. The van der Waals surface area contributed by atoms with Crippen LogP contribution in [0, 0.1) is 5.92 Å². The number of aliphatic hydroxyl groups excluding tert-OH is 1. The van der Waals surface area contributed by atoms with Gasteiger partial charge in [-0.3, -0.25) is 0 Å². The highest BCUT2D eigenvalue weighted by Crippen LogP contribution is 2.15. The SMILES string of the molecule is CC(C)C(CCO)NCc1ccc(OC(F)F)cc1. The first-order valence-corrected chi connectivity index (χ1v) is 6.41. The Kier molecular flexibility index (Phi) is 6.73. The van der Waals surface area contributed by atoms with Crippen LogP contribution in [-0.2, 0) is 6.54 Å². The summed E-state index contributed by atoms with van der Waals surface area (Å²) >= 11 is 0. The van der Waals surface area contributed by atoms with Gasteiger partial charge in [-0.15, -0.1) is 0 Å². The minimum atomic E-state index is -2.79. The summed E-state index contributed by atoms with van der Waals surface area (Å²) < 4.78 is 28.3. The number of nitrogens with one attached hydrogen (secondary N) is 1. The van der Waals surface area contributed by atoms with E-state index in [1.54, 1.807) is 12.1 Å². The maximum absolute atomic E-state index is 12.0. The molecule has 0 amide bonds. The normalized spacial score (nSPS) is 13.0. The van der Waals surface area contributed by atoms with Crippen molar-refractivity contribution < 1.29 is 18.6 Å². The van der Waals surface area contributed by atoms with Crippen LogP contribution >= 0.6 is 0 Å². The molecule has 108 valence electrons. The van der Waals surface area contributed by atoms with Crippen LogP contribution in [0.15, 0.2) is 24.3 Å². The predicted octanol–water partition coefficient (Wildman–Crippen LogP) is 2.78. The zero-order valence-electron chi connectivity index (χ0n) is 11.3. The standard InChI is InChI=1S/C14H21F2NO2/c1-10(2)13(7-8-18)17-9-11-3-5-12(6-4-11)19-14(15)16/h3-6,10,13-14,17-18H,7-9H2,1-2H3. The van der Waals surface area contributed by atoms with Crippen molar-refractivity contribution in [1.29, 1.82) is 0 Å². The molecule has 3 nitrogen and oxygen atoms in total. The van der Waals surface area contributed by atoms with Gasteiger partial charge >= 0.3 is 6.61 Å². The first-order valence-electron chi connectivity index (χ1n) is 6.41. The molecule has 2 N–H and O–H groups in total. The van der Waals surface area contributed by atoms with Crippen molar-refractivity contribution in [2.24, 2.45) is 5.92 Å². The summed E-state index contributed by atoms with van der Waals surface area (Å²) in [5, 5.41) is 12.3. The van der Waals surface area contributed by atoms with Gasteiger partial charge in [0.05, 0.1) is 0 Å². The average molecular weight is 273 g/mol. The summed E-state index contributed by atoms with van der Waals surface area (Å²) in [6.45, 7) is 2.17. The summed E-state index contributed by atoms with van der Waals surface area (Å²) in [5.41, 5.74) is 0.991. The van der Waals surface area contributed by atoms with E-state index >= 15 is 0 Å². The van der Waals surface area contributed by atoms with Gasteiger partial charge in [0.25, 0.3) is 0 Å². The molecular formula is C14H21F2NO2. The zero-order chi connectivity index (χ0) is 14.3. The van der Waals surface area contributed by atoms with Crippen molar-refractivity contribution in [3.8, 4) is 5.75 Å². The lowest BCUT2D eigenvalue weighted by Gasteiger charge is -2.21. The van der Waals surface area contributed by atoms with Crippen molar-refractivity contribution in [2.75, 3.05) is 6.61 Å². The molecule has 1 unspecified atom stereocenters. The highest BCUT2D eigenvalue weighted by Gasteiger charge is 2.11. The molecule has 0 saturated heterocycles. The third-order valence-electron chi connectivity index (χ3n) is 2.96. The van der Waals surface area contributed by atoms with Crippen LogP contribution < -0.4 is 10.1 Å². The van der Waals surface area contributed by atoms with E-state index in [0.29, 0.717) is 18.9 Å². The molecule has 0 fully saturated rings. The molecule has 1 rings (SSSR count). The Hall–Kier alpha value is -1.20. The predicted molar refractivity (Wildman–Crippen MR) is 70.2 cm³/mol. The fourth-order valence-electron chi connectivity index (χ4n) is 1.85. The van der Waals surface area contributed by atoms with E-state index in [2.05, 4.69) is 23.9 Å². The number of hydrogen-bond donors (Lipinski definition) is 2. The summed E-state index contributed by atoms with van der Waals surface area (Å²) in [6, 6.07) is 6.79. The molecule has 0 radical (unpaired) electrons. The third kappa shape index (κ3) is 5.98. The van der Waals surface area contributed by atoms with Gasteiger partial charge in [-0.2, -0.15) is 8.78 Å². The number of alkyl halides is 2. The number of aliphatic hydroxyl groups is 1. The number of benzene rings is 1. The Labute approximate surface area is 112 Å². The van der Waals surface area contributed by atoms with Crippen LogP contribution in [-0.4, -0.2) is 24.4 Å². The summed E-state index contributed by atoms with van der Waals surface area (Å²) in [7, 11) is 0. The van der Waals surface area contributed by atoms with E-state index in [9.17, 15) is 8.78 Å². The summed E-state index contributed by atoms with van der Waals surface area (Å²) in [4.78, 5) is 0. The number of hydrogen-bond acceptors (Lipinski definition) is 3. The van der Waals surface area contributed by atoms with Crippen molar-refractivity contribution >= 4 is 0 Å². The first-order chi connectivity index (χ1) is 9.02. The van der Waals surface area contributed by atoms with Crippen LogP contribution in [0.2, 0.25) is 0 Å². The number of rotatable bonds is 8. The lowest BCUT2D eigenvalue weighted by molar-refractivity contribution is -0.0498. The topological polar surface area (TPSA) is 41.5 Å². The quantitative estimate of drug-likeness (QED) is 0.765. The third-order valence-corrected chi connectivity index (χ3v) is 2.96. The van der Waals surface area contributed by atoms with Crippen LogP contribution in [0.1, 0.15) is 25.8 Å². The molecule has 0 aliphatic heterocycles. The smallest absolute Gasteiger partial charge is 0.387 e. The fraction of sp³-hybridized carbons (Fsp3) is 0.571. The fourth-order valence-corrected chi connectivity index (χ4v) is 1.85. The summed E-state index contributed by atoms with van der Waals surface area (Å²) in [6.07, 6.45) is 0.699. The highest BCUT2D eigenvalue weighted by atomic mass is 19.3. The van der Waals surface area contributed by atoms with Gasteiger partial charge < -0.3 is 15.2 Å². The maximum atomic E-state index is 12.0. The molecule has 19 heavy (non-hydrogen) atoms. The lowest BCUT2D eigenvalue weighted by atomic mass is 10.0. The van der Waals surface area contributed by atoms with Crippen LogP contribution in [0.3, 0.4) is 0 Å². The second kappa shape index (κ2) is 8.07. The van der Waals surface area contributed by atoms with Crippen molar-refractivity contribution in [3.05, 3.63) is 29.8 Å². The van der Waals surface area contributed by atoms with Crippen molar-refractivity contribution in [2.45, 2.75) is 39.5 Å². The van der Waals surface area contributed by atoms with E-state index in [4.69, 9.17) is 5.11 Å². The molecule has 1 aromatic carbocycles. The van der Waals surface area contributed by atoms with E-state index < -0.39 is 6.61 Å². The van der Waals surface area contributed by atoms with Gasteiger partial charge in [-0.25, -0.2) is 0 Å². The monoisotopic (exact) mass is 273 g/mol. The van der Waals surface area contributed by atoms with Gasteiger partial charge in [0.15, 0.2) is 0 Å². The second-order valence-corrected chi connectivity index (χ2v) is 4.77. The van der Waals surface area contributed by atoms with Gasteiger partial charge in [-0.1, -0.05) is 26.0 Å². The molecule has 0 bridgehead atoms. The first kappa shape index (κ1) is 15.9. The molecular weight excluding hydrogens is 252 g/mol. The minimum Gasteiger partial charge on any atom is -0.435 e. The van der Waals surface area contributed by atoms with Crippen LogP contribution in [0.25, 0.3) is 0 Å². The van der Waals surface area contributed by atoms with Crippen molar-refractivity contribution in [1.82, 2.24) is 5.32 Å². The number of ether oxygens (including phenoxy) is 1. The Bertz CT molecular complexity index is 355. The maximum Gasteiger partial charge on any atom is 0.387 e. The average Bonchev–Trinajstić information content (AvgIpc) is 2.35. The van der Waals surface area contributed by atoms with Gasteiger partial charge in [0.2, 0.25) is 0 Å². The summed E-state index contributed by atoms with van der Waals surface area (Å²) in [5.74, 6) is 0.586. The molecule has 1 aromatic rings. The largest absolute Gasteiger partial charge is 0.435 e. The van der Waals surface area contributed by atoms with Gasteiger partial charge in [0.1, 0.15) is 5.75 Å².